The van der Waals surface area contributed by atoms with Crippen molar-refractivity contribution in [2.75, 3.05) is 10.6 Å². The molecule has 38 heavy (non-hydrogen) atoms. The van der Waals surface area contributed by atoms with E-state index >= 15 is 0 Å². The van der Waals surface area contributed by atoms with Crippen LogP contribution in [-0.2, 0) is 12.0 Å². The highest BCUT2D eigenvalue weighted by atomic mass is 16.2. The number of anilines is 2. The molecule has 0 aliphatic carbocycles. The fourth-order valence-electron chi connectivity index (χ4n) is 4.63. The van der Waals surface area contributed by atoms with Gasteiger partial charge in [-0.25, -0.2) is 9.48 Å². The monoisotopic (exact) mass is 505 g/mol. The Morgan fingerprint density at radius 1 is 0.974 bits per heavy atom. The van der Waals surface area contributed by atoms with Gasteiger partial charge < -0.3 is 10.6 Å². The van der Waals surface area contributed by atoms with Crippen molar-refractivity contribution in [2.45, 2.75) is 32.7 Å². The molecule has 0 saturated carbocycles. The van der Waals surface area contributed by atoms with E-state index in [1.165, 1.54) is 0 Å². The summed E-state index contributed by atoms with van der Waals surface area (Å²) in [4.78, 5) is 25.0. The molecule has 2 aromatic heterocycles. The first-order valence-corrected chi connectivity index (χ1v) is 12.4. The summed E-state index contributed by atoms with van der Waals surface area (Å²) in [5.41, 5.74) is 6.73. The number of aromatic nitrogens is 4. The van der Waals surface area contributed by atoms with Gasteiger partial charge in [0.2, 0.25) is 0 Å². The number of urea groups is 1. The molecule has 5 aromatic rings. The Balaban J connectivity index is 1.23. The molecule has 0 atom stereocenters. The van der Waals surface area contributed by atoms with Crippen LogP contribution in [0.1, 0.15) is 42.4 Å². The second-order valence-corrected chi connectivity index (χ2v) is 10.4. The van der Waals surface area contributed by atoms with Gasteiger partial charge in [-0.15, -0.1) is 0 Å². The van der Waals surface area contributed by atoms with Crippen LogP contribution in [0.3, 0.4) is 0 Å². The molecule has 6 rings (SSSR count). The molecule has 0 unspecified atom stereocenters. The number of hydrogen-bond donors (Lipinski definition) is 4. The number of carbonyl (C=O) groups excluding carboxylic acids is 2. The predicted molar refractivity (Wildman–Crippen MR) is 148 cm³/mol. The number of amides is 3. The SMILES string of the molecule is CC(C)(C)c1cc(NC(=O)Nc2ccc(-c3cccc4c3CNC4=O)cc2)n(-c2ccc3[nH]ncc3c2)n1. The van der Waals surface area contributed by atoms with Crippen LogP contribution in [0.25, 0.3) is 27.7 Å². The van der Waals surface area contributed by atoms with Crippen molar-refractivity contribution in [3.8, 4) is 16.8 Å². The highest BCUT2D eigenvalue weighted by Crippen LogP contribution is 2.31. The van der Waals surface area contributed by atoms with Gasteiger partial charge in [0, 0.05) is 34.7 Å². The fraction of sp³-hybridized carbons (Fsp3) is 0.172. The van der Waals surface area contributed by atoms with Crippen LogP contribution in [-0.4, -0.2) is 31.9 Å². The number of H-pyrrole nitrogens is 1. The summed E-state index contributed by atoms with van der Waals surface area (Å²) >= 11 is 0. The third kappa shape index (κ3) is 4.28. The Bertz CT molecular complexity index is 1690. The van der Waals surface area contributed by atoms with Crippen LogP contribution in [0, 0.1) is 0 Å². The molecule has 3 aromatic carbocycles. The first-order chi connectivity index (χ1) is 18.3. The van der Waals surface area contributed by atoms with Crippen LogP contribution in [0.2, 0.25) is 0 Å². The van der Waals surface area contributed by atoms with Crippen LogP contribution in [0.5, 0.6) is 0 Å². The number of nitrogens with zero attached hydrogens (tertiary/aromatic N) is 3. The summed E-state index contributed by atoms with van der Waals surface area (Å²) in [6.07, 6.45) is 1.76. The Hall–Kier alpha value is -4.92. The number of aromatic amines is 1. The molecule has 190 valence electrons. The summed E-state index contributed by atoms with van der Waals surface area (Å²) in [6.45, 7) is 6.76. The third-order valence-corrected chi connectivity index (χ3v) is 6.69. The van der Waals surface area contributed by atoms with E-state index in [9.17, 15) is 9.59 Å². The van der Waals surface area contributed by atoms with E-state index in [0.717, 1.165) is 39.0 Å². The second kappa shape index (κ2) is 8.88. The topological polar surface area (TPSA) is 117 Å². The lowest BCUT2D eigenvalue weighted by atomic mass is 9.92. The molecule has 0 fully saturated rings. The number of fused-ring (bicyclic) bond motifs is 2. The van der Waals surface area contributed by atoms with Gasteiger partial charge in [0.1, 0.15) is 5.82 Å². The lowest BCUT2D eigenvalue weighted by Gasteiger charge is -2.14. The maximum atomic E-state index is 13.0. The molecule has 0 saturated heterocycles. The lowest BCUT2D eigenvalue weighted by Crippen LogP contribution is -2.21. The van der Waals surface area contributed by atoms with E-state index in [1.54, 1.807) is 10.9 Å². The predicted octanol–water partition coefficient (Wildman–Crippen LogP) is 5.60. The van der Waals surface area contributed by atoms with E-state index in [2.05, 4.69) is 46.9 Å². The number of benzene rings is 3. The number of hydrogen-bond acceptors (Lipinski definition) is 4. The molecule has 3 amide bonds. The molecule has 4 N–H and O–H groups in total. The molecule has 0 radical (unpaired) electrons. The molecule has 9 nitrogen and oxygen atoms in total. The van der Waals surface area contributed by atoms with E-state index in [4.69, 9.17) is 5.10 Å². The molecular formula is C29H27N7O2. The zero-order valence-electron chi connectivity index (χ0n) is 21.3. The van der Waals surface area contributed by atoms with Crippen molar-refractivity contribution in [3.05, 3.63) is 89.7 Å². The van der Waals surface area contributed by atoms with Crippen LogP contribution < -0.4 is 16.0 Å². The average Bonchev–Trinajstić information content (AvgIpc) is 3.62. The van der Waals surface area contributed by atoms with Crippen LogP contribution in [0.4, 0.5) is 16.3 Å². The summed E-state index contributed by atoms with van der Waals surface area (Å²) in [5.74, 6) is 0.513. The van der Waals surface area contributed by atoms with Crippen molar-refractivity contribution in [3.63, 3.8) is 0 Å². The third-order valence-electron chi connectivity index (χ3n) is 6.69. The molecule has 1 aliphatic rings. The minimum Gasteiger partial charge on any atom is -0.348 e. The fourth-order valence-corrected chi connectivity index (χ4v) is 4.63. The van der Waals surface area contributed by atoms with Gasteiger partial charge >= 0.3 is 6.03 Å². The highest BCUT2D eigenvalue weighted by Gasteiger charge is 2.23. The quantitative estimate of drug-likeness (QED) is 0.254. The standard InChI is InChI=1S/C29H27N7O2/c1-29(2,3)25-14-26(36(35-25)20-11-12-24-18(13-20)15-31-34-24)33-28(38)32-19-9-7-17(8-10-19)21-5-4-6-22-23(21)16-30-27(22)37/h4-15H,16H2,1-3H3,(H,30,37)(H,31,34)(H2,32,33,38). The van der Waals surface area contributed by atoms with Gasteiger partial charge in [-0.1, -0.05) is 45.0 Å². The van der Waals surface area contributed by atoms with Crippen molar-refractivity contribution < 1.29 is 9.59 Å². The molecule has 0 spiro atoms. The molecular weight excluding hydrogens is 478 g/mol. The van der Waals surface area contributed by atoms with Crippen LogP contribution >= 0.6 is 0 Å². The Kier molecular flexibility index (Phi) is 5.48. The molecule has 3 heterocycles. The van der Waals surface area contributed by atoms with Crippen molar-refractivity contribution in [2.24, 2.45) is 0 Å². The second-order valence-electron chi connectivity index (χ2n) is 10.4. The minimum atomic E-state index is -0.376. The molecule has 9 heteroatoms. The van der Waals surface area contributed by atoms with Gasteiger partial charge in [-0.05, 0) is 53.1 Å². The largest absolute Gasteiger partial charge is 0.348 e. The summed E-state index contributed by atoms with van der Waals surface area (Å²) in [6, 6.07) is 20.7. The van der Waals surface area contributed by atoms with E-state index in [-0.39, 0.29) is 17.4 Å². The van der Waals surface area contributed by atoms with Gasteiger partial charge in [-0.3, -0.25) is 15.2 Å². The lowest BCUT2D eigenvalue weighted by molar-refractivity contribution is 0.0965. The smallest absolute Gasteiger partial charge is 0.324 e. The Labute approximate surface area is 219 Å². The van der Waals surface area contributed by atoms with E-state index in [0.29, 0.717) is 23.6 Å². The van der Waals surface area contributed by atoms with Gasteiger partial charge in [0.15, 0.2) is 0 Å². The maximum Gasteiger partial charge on any atom is 0.324 e. The zero-order valence-corrected chi connectivity index (χ0v) is 21.3. The Morgan fingerprint density at radius 2 is 1.76 bits per heavy atom. The number of rotatable bonds is 4. The van der Waals surface area contributed by atoms with Gasteiger partial charge in [0.05, 0.1) is 23.1 Å². The van der Waals surface area contributed by atoms with Crippen molar-refractivity contribution >= 4 is 34.3 Å². The highest BCUT2D eigenvalue weighted by molar-refractivity contribution is 6.01. The number of nitrogens with one attached hydrogen (secondary N) is 4. The minimum absolute atomic E-state index is 0.0460. The number of carbonyl (C=O) groups is 2. The first-order valence-electron chi connectivity index (χ1n) is 12.4. The maximum absolute atomic E-state index is 13.0. The molecule has 0 bridgehead atoms. The summed E-state index contributed by atoms with van der Waals surface area (Å²) < 4.78 is 1.74. The van der Waals surface area contributed by atoms with Gasteiger partial charge in [-0.2, -0.15) is 10.2 Å². The summed E-state index contributed by atoms with van der Waals surface area (Å²) in [7, 11) is 0. The Morgan fingerprint density at radius 3 is 2.55 bits per heavy atom. The van der Waals surface area contributed by atoms with E-state index in [1.807, 2.05) is 66.7 Å². The summed E-state index contributed by atoms with van der Waals surface area (Å²) in [5, 5.41) is 21.5. The zero-order chi connectivity index (χ0) is 26.4. The molecule has 1 aliphatic heterocycles. The van der Waals surface area contributed by atoms with Crippen molar-refractivity contribution in [1.82, 2.24) is 25.3 Å². The van der Waals surface area contributed by atoms with Gasteiger partial charge in [0.25, 0.3) is 5.91 Å². The van der Waals surface area contributed by atoms with E-state index < -0.39 is 0 Å². The normalized spacial score (nSPS) is 12.9. The van der Waals surface area contributed by atoms with Crippen molar-refractivity contribution in [1.29, 1.82) is 0 Å². The average molecular weight is 506 g/mol. The first kappa shape index (κ1) is 23.5. The van der Waals surface area contributed by atoms with Crippen LogP contribution in [0.15, 0.2) is 72.9 Å².